The van der Waals surface area contributed by atoms with E-state index in [1.165, 1.54) is 116 Å². The SMILES string of the molecule is CCCCCCCCCCCCC/C=C/[C@@H](O)[C@H](CO[C@@H]1OC(CO)[C@@H](O[C@@H]2OC(CO)[C@H](O[C@@H]3OC(CO)[C@H](O)[C@H](O[C@@H]4OC(CO)[C@H](O)[C@H](O[C@H]5OC(CO)[C@H](O)[C@H](O)C5O)C4O)C3NC(C)=O)[C@H](O)C2O)[C@H](O)C1O)NC(=O)CCCCCCCCCCCCCCCCC. The van der Waals surface area contributed by atoms with E-state index >= 15 is 0 Å². The van der Waals surface area contributed by atoms with E-state index in [0.717, 1.165) is 51.9 Å². The number of hydrogen-bond donors (Lipinski definition) is 18. The lowest BCUT2D eigenvalue weighted by Gasteiger charge is -2.50. The molecule has 0 aromatic heterocycles. The Kier molecular flexibility index (Phi) is 41.5. The minimum atomic E-state index is -2.16. The number of amides is 2. The van der Waals surface area contributed by atoms with Crippen LogP contribution < -0.4 is 10.6 Å². The van der Waals surface area contributed by atoms with Crippen LogP contribution >= 0.6 is 0 Å². The van der Waals surface area contributed by atoms with E-state index in [2.05, 4.69) is 24.5 Å². The summed E-state index contributed by atoms with van der Waals surface area (Å²) < 4.78 is 58.4. The summed E-state index contributed by atoms with van der Waals surface area (Å²) >= 11 is 0. The standard InChI is InChI=1S/C68H124N2O28/c1-4-6-8-10-12-14-16-18-19-21-23-25-27-29-31-33-48(78)70-41(42(77)32-30-28-26-24-22-20-17-15-13-11-9-7-5-2)39-89-65-57(86)54(83)61(46(37-74)93-65)96-67-58(87)55(84)60(47(38-75)94-67)95-64-49(69-40(3)76)62(51(80)44(35-72)90-64)97-68-59(88)63(52(81)45(36-73)92-68)98-66-56(85)53(82)50(79)43(34-71)91-66/h30,32,41-47,49-68,71-75,77,79-88H,4-29,31,33-39H2,1-3H3,(H,69,76)(H,70,78)/b32-30+/t41-,42+,43?,44?,45?,46?,47?,49?,50-,51-,52-,53-,54+,55+,56?,57?,58?,59?,60-,61+,62+,63-,64-,65+,66+,67-,68-/m0/s1. The molecule has 0 saturated carbocycles. The summed E-state index contributed by atoms with van der Waals surface area (Å²) in [4.78, 5) is 26.3. The molecule has 30 nitrogen and oxygen atoms in total. The quantitative estimate of drug-likeness (QED) is 0.0272. The smallest absolute Gasteiger partial charge is 0.220 e. The van der Waals surface area contributed by atoms with Gasteiger partial charge in [0, 0.05) is 13.3 Å². The van der Waals surface area contributed by atoms with Gasteiger partial charge in [0.15, 0.2) is 31.5 Å². The first-order valence-corrected chi connectivity index (χ1v) is 36.5. The summed E-state index contributed by atoms with van der Waals surface area (Å²) in [6.45, 7) is 0.333. The lowest BCUT2D eigenvalue weighted by Crippen LogP contribution is -2.70. The largest absolute Gasteiger partial charge is 0.394 e. The van der Waals surface area contributed by atoms with Crippen molar-refractivity contribution in [2.45, 2.75) is 366 Å². The molecule has 10 unspecified atom stereocenters. The average Bonchev–Trinajstić information content (AvgIpc) is 0.771. The molecule has 18 N–H and O–H groups in total. The molecule has 5 rings (SSSR count). The van der Waals surface area contributed by atoms with E-state index < -0.39 is 211 Å². The Bertz CT molecular complexity index is 2140. The van der Waals surface area contributed by atoms with Crippen LogP contribution in [-0.2, 0) is 57.0 Å². The average molecular weight is 1420 g/mol. The molecule has 0 radical (unpaired) electrons. The molecule has 27 atom stereocenters. The molecule has 5 saturated heterocycles. The number of ether oxygens (including phenoxy) is 10. The van der Waals surface area contributed by atoms with Crippen molar-refractivity contribution in [1.29, 1.82) is 0 Å². The number of aliphatic hydroxyl groups is 16. The molecular weight excluding hydrogens is 1290 g/mol. The molecule has 5 aliphatic rings. The highest BCUT2D eigenvalue weighted by Gasteiger charge is 2.57. The second-order valence-electron chi connectivity index (χ2n) is 27.1. The molecule has 0 aliphatic carbocycles. The van der Waals surface area contributed by atoms with Gasteiger partial charge in [-0.2, -0.15) is 0 Å². The van der Waals surface area contributed by atoms with Gasteiger partial charge in [0.25, 0.3) is 0 Å². The predicted molar refractivity (Wildman–Crippen MR) is 350 cm³/mol. The van der Waals surface area contributed by atoms with Crippen molar-refractivity contribution in [3.63, 3.8) is 0 Å². The van der Waals surface area contributed by atoms with Gasteiger partial charge < -0.3 is 140 Å². The zero-order valence-corrected chi connectivity index (χ0v) is 57.8. The van der Waals surface area contributed by atoms with Gasteiger partial charge in [0.05, 0.1) is 51.8 Å². The van der Waals surface area contributed by atoms with Crippen LogP contribution in [0.1, 0.15) is 201 Å². The van der Waals surface area contributed by atoms with Crippen LogP contribution in [0.15, 0.2) is 12.2 Å². The number of aliphatic hydroxyl groups excluding tert-OH is 16. The third-order valence-corrected chi connectivity index (χ3v) is 19.2. The van der Waals surface area contributed by atoms with Crippen molar-refractivity contribution < 1.29 is 139 Å². The molecule has 0 spiro atoms. The minimum absolute atomic E-state index is 0.197. The van der Waals surface area contributed by atoms with Gasteiger partial charge in [-0.1, -0.05) is 180 Å². The van der Waals surface area contributed by atoms with Gasteiger partial charge in [0.2, 0.25) is 11.8 Å². The van der Waals surface area contributed by atoms with Crippen molar-refractivity contribution in [2.75, 3.05) is 39.6 Å². The van der Waals surface area contributed by atoms with Crippen LogP contribution in [0.3, 0.4) is 0 Å². The van der Waals surface area contributed by atoms with Crippen molar-refractivity contribution in [2.24, 2.45) is 0 Å². The van der Waals surface area contributed by atoms with E-state index in [-0.39, 0.29) is 12.3 Å². The van der Waals surface area contributed by atoms with Crippen LogP contribution in [-0.4, -0.2) is 299 Å². The van der Waals surface area contributed by atoms with Crippen molar-refractivity contribution in [3.05, 3.63) is 12.2 Å². The van der Waals surface area contributed by atoms with Crippen LogP contribution in [0.2, 0.25) is 0 Å². The van der Waals surface area contributed by atoms with E-state index in [4.69, 9.17) is 47.4 Å². The molecular formula is C68H124N2O28. The summed E-state index contributed by atoms with van der Waals surface area (Å²) in [5.74, 6) is -1.15. The van der Waals surface area contributed by atoms with E-state index in [1.807, 2.05) is 6.08 Å². The highest BCUT2D eigenvalue weighted by Crippen LogP contribution is 2.37. The topological polar surface area (TPSA) is 474 Å². The summed E-state index contributed by atoms with van der Waals surface area (Å²) in [6.07, 6.45) is -11.4. The third kappa shape index (κ3) is 27.0. The molecule has 0 aromatic carbocycles. The summed E-state index contributed by atoms with van der Waals surface area (Å²) in [6, 6.07) is -2.78. The number of allylic oxidation sites excluding steroid dienone is 1. The first kappa shape index (κ1) is 86.3. The normalized spacial score (nSPS) is 36.1. The number of nitrogens with one attached hydrogen (secondary N) is 2. The Balaban J connectivity index is 1.20. The monoisotopic (exact) mass is 1420 g/mol. The third-order valence-electron chi connectivity index (χ3n) is 19.2. The van der Waals surface area contributed by atoms with Gasteiger partial charge in [0.1, 0.15) is 122 Å². The first-order valence-electron chi connectivity index (χ1n) is 36.5. The molecule has 574 valence electrons. The zero-order chi connectivity index (χ0) is 71.7. The molecule has 5 fully saturated rings. The zero-order valence-electron chi connectivity index (χ0n) is 57.8. The van der Waals surface area contributed by atoms with Gasteiger partial charge >= 0.3 is 0 Å². The Morgan fingerprint density at radius 2 is 0.755 bits per heavy atom. The fourth-order valence-corrected chi connectivity index (χ4v) is 13.2. The van der Waals surface area contributed by atoms with Crippen molar-refractivity contribution >= 4 is 11.8 Å². The van der Waals surface area contributed by atoms with E-state index in [9.17, 15) is 91.3 Å². The van der Waals surface area contributed by atoms with Gasteiger partial charge in [-0.25, -0.2) is 0 Å². The Morgan fingerprint density at radius 3 is 1.22 bits per heavy atom. The van der Waals surface area contributed by atoms with Gasteiger partial charge in [-0.15, -0.1) is 0 Å². The highest BCUT2D eigenvalue weighted by atomic mass is 16.8. The number of unbranched alkanes of at least 4 members (excludes halogenated alkanes) is 25. The Hall–Kier alpha value is -2.36. The number of carbonyl (C=O) groups is 2. The number of carbonyl (C=O) groups excluding carboxylic acids is 2. The maximum atomic E-state index is 13.4. The second-order valence-corrected chi connectivity index (χ2v) is 27.1. The summed E-state index contributed by atoms with van der Waals surface area (Å²) in [5.41, 5.74) is 0. The van der Waals surface area contributed by atoms with E-state index in [1.54, 1.807) is 6.08 Å². The Morgan fingerprint density at radius 1 is 0.398 bits per heavy atom. The van der Waals surface area contributed by atoms with Crippen LogP contribution in [0, 0.1) is 0 Å². The Labute approximate surface area is 577 Å². The lowest BCUT2D eigenvalue weighted by atomic mass is 9.94. The summed E-state index contributed by atoms with van der Waals surface area (Å²) in [7, 11) is 0. The van der Waals surface area contributed by atoms with Crippen molar-refractivity contribution in [3.8, 4) is 0 Å². The fourth-order valence-electron chi connectivity index (χ4n) is 13.2. The first-order chi connectivity index (χ1) is 47.2. The minimum Gasteiger partial charge on any atom is -0.394 e. The fraction of sp³-hybridized carbons (Fsp3) is 0.941. The van der Waals surface area contributed by atoms with Gasteiger partial charge in [-0.3, -0.25) is 9.59 Å². The summed E-state index contributed by atoms with van der Waals surface area (Å²) in [5, 5.41) is 181. The number of rotatable bonds is 48. The molecule has 98 heavy (non-hydrogen) atoms. The highest BCUT2D eigenvalue weighted by molar-refractivity contribution is 5.76. The second kappa shape index (κ2) is 47.2. The van der Waals surface area contributed by atoms with Crippen LogP contribution in [0.5, 0.6) is 0 Å². The molecule has 2 amide bonds. The van der Waals surface area contributed by atoms with Crippen LogP contribution in [0.4, 0.5) is 0 Å². The molecule has 0 bridgehead atoms. The number of hydrogen-bond acceptors (Lipinski definition) is 28. The maximum absolute atomic E-state index is 13.4. The lowest BCUT2D eigenvalue weighted by molar-refractivity contribution is -0.385. The predicted octanol–water partition coefficient (Wildman–Crippen LogP) is -0.392. The van der Waals surface area contributed by atoms with E-state index in [0.29, 0.717) is 12.8 Å². The van der Waals surface area contributed by atoms with Crippen LogP contribution in [0.25, 0.3) is 0 Å². The maximum Gasteiger partial charge on any atom is 0.220 e. The molecule has 5 aliphatic heterocycles. The van der Waals surface area contributed by atoms with Gasteiger partial charge in [-0.05, 0) is 19.3 Å². The molecule has 5 heterocycles. The molecule has 0 aromatic rings. The molecule has 30 heteroatoms. The van der Waals surface area contributed by atoms with Crippen molar-refractivity contribution in [1.82, 2.24) is 10.6 Å².